The van der Waals surface area contributed by atoms with Crippen LogP contribution in [0.3, 0.4) is 0 Å². The molecule has 5 aromatic heterocycles. The SMILES string of the molecule is CC(C)Cc1cc(-c2[c-]cccc2)ncc1[Si](C)(C)C.Cc1cc2c(oc3n[c-]c(-c4nc5ccccc5n4-c4c(C(C)C)cc(-c5ccc6ccccc6c5)cc4C(C)C)cc32)c(C)n1.[Ir]. The second kappa shape index (κ2) is 19.3. The van der Waals surface area contributed by atoms with Gasteiger partial charge >= 0.3 is 0 Å². The molecule has 0 aliphatic carbocycles. The smallest absolute Gasteiger partial charge is 0.144 e. The third kappa shape index (κ3) is 9.58. The minimum atomic E-state index is -1.34. The van der Waals surface area contributed by atoms with E-state index in [0.717, 1.165) is 67.8 Å². The van der Waals surface area contributed by atoms with Gasteiger partial charge in [-0.15, -0.1) is 42.0 Å². The molecule has 0 amide bonds. The number of hydrogen-bond donors (Lipinski definition) is 0. The molecule has 8 heteroatoms. The van der Waals surface area contributed by atoms with Crippen molar-refractivity contribution in [2.75, 3.05) is 0 Å². The quantitative estimate of drug-likeness (QED) is 0.106. The van der Waals surface area contributed by atoms with Crippen LogP contribution in [0, 0.1) is 32.0 Å². The molecule has 67 heavy (non-hydrogen) atoms. The van der Waals surface area contributed by atoms with Crippen molar-refractivity contribution in [3.05, 3.63) is 168 Å². The van der Waals surface area contributed by atoms with Crippen molar-refractivity contribution < 1.29 is 24.5 Å². The number of rotatable bonds is 9. The predicted molar refractivity (Wildman–Crippen MR) is 279 cm³/mol. The minimum Gasteiger partial charge on any atom is -0.481 e. The van der Waals surface area contributed by atoms with Gasteiger partial charge in [0.05, 0.1) is 30.6 Å². The number of pyridine rings is 3. The zero-order valence-electron chi connectivity index (χ0n) is 40.5. The first kappa shape index (κ1) is 47.4. The molecule has 0 N–H and O–H groups in total. The maximum absolute atomic E-state index is 6.15. The summed E-state index contributed by atoms with van der Waals surface area (Å²) in [6.07, 6.45) is 6.54. The summed E-state index contributed by atoms with van der Waals surface area (Å²) in [6.45, 7) is 24.8. The molecule has 5 heterocycles. The zero-order valence-corrected chi connectivity index (χ0v) is 43.9. The number of nitrogens with zero attached hydrogens (tertiary/aromatic N) is 5. The van der Waals surface area contributed by atoms with Crippen LogP contribution in [0.15, 0.2) is 132 Å². The molecule has 0 aliphatic heterocycles. The summed E-state index contributed by atoms with van der Waals surface area (Å²) in [5.41, 5.74) is 15.7. The van der Waals surface area contributed by atoms with Crippen LogP contribution in [0.1, 0.15) is 81.5 Å². The Bertz CT molecular complexity index is 3370. The molecular weight excluding hydrogens is 1010 g/mol. The molecule has 0 aliphatic rings. The normalized spacial score (nSPS) is 11.9. The number of fused-ring (bicyclic) bond motifs is 5. The first-order valence-electron chi connectivity index (χ1n) is 23.4. The van der Waals surface area contributed by atoms with Gasteiger partial charge < -0.3 is 19.0 Å². The maximum atomic E-state index is 6.15. The van der Waals surface area contributed by atoms with Gasteiger partial charge in [-0.2, -0.15) is 0 Å². The second-order valence-electron chi connectivity index (χ2n) is 19.8. The third-order valence-electron chi connectivity index (χ3n) is 12.5. The summed E-state index contributed by atoms with van der Waals surface area (Å²) < 4.78 is 8.49. The van der Waals surface area contributed by atoms with E-state index in [-0.39, 0.29) is 31.9 Å². The molecule has 10 aromatic rings. The van der Waals surface area contributed by atoms with E-state index in [0.29, 0.717) is 11.6 Å². The Morgan fingerprint density at radius 1 is 0.687 bits per heavy atom. The molecule has 5 aromatic carbocycles. The number of furan rings is 1. The van der Waals surface area contributed by atoms with Crippen molar-refractivity contribution >= 4 is 57.1 Å². The molecule has 0 bridgehead atoms. The molecule has 0 spiro atoms. The topological polar surface area (TPSA) is 69.6 Å². The van der Waals surface area contributed by atoms with Gasteiger partial charge in [0.15, 0.2) is 0 Å². The van der Waals surface area contributed by atoms with Crippen molar-refractivity contribution in [2.24, 2.45) is 5.92 Å². The molecule has 0 fully saturated rings. The predicted octanol–water partition coefficient (Wildman–Crippen LogP) is 15.2. The Morgan fingerprint density at radius 3 is 2.07 bits per heavy atom. The maximum Gasteiger partial charge on any atom is 0.144 e. The zero-order chi connectivity index (χ0) is 46.4. The minimum absolute atomic E-state index is 0. The van der Waals surface area contributed by atoms with Crippen LogP contribution in [-0.2, 0) is 26.5 Å². The van der Waals surface area contributed by atoms with E-state index in [1.54, 1.807) is 0 Å². The van der Waals surface area contributed by atoms with E-state index >= 15 is 0 Å². The summed E-state index contributed by atoms with van der Waals surface area (Å²) in [5.74, 6) is 2.01. The van der Waals surface area contributed by atoms with Crippen LogP contribution >= 0.6 is 0 Å². The van der Waals surface area contributed by atoms with Gasteiger partial charge in [0.2, 0.25) is 0 Å². The van der Waals surface area contributed by atoms with E-state index in [9.17, 15) is 0 Å². The van der Waals surface area contributed by atoms with E-state index in [2.05, 4.69) is 191 Å². The monoisotopic (exact) mass is 1070 g/mol. The summed E-state index contributed by atoms with van der Waals surface area (Å²) in [4.78, 5) is 19.2. The summed E-state index contributed by atoms with van der Waals surface area (Å²) in [7, 11) is -1.34. The number of aryl methyl sites for hydroxylation is 2. The fourth-order valence-electron chi connectivity index (χ4n) is 9.31. The molecule has 10 rings (SSSR count). The first-order valence-corrected chi connectivity index (χ1v) is 26.9. The number of aromatic nitrogens is 5. The Kier molecular flexibility index (Phi) is 13.6. The van der Waals surface area contributed by atoms with Gasteiger partial charge in [-0.05, 0) is 130 Å². The Morgan fingerprint density at radius 2 is 1.39 bits per heavy atom. The average Bonchev–Trinajstić information content (AvgIpc) is 3.87. The molecule has 0 unspecified atom stereocenters. The van der Waals surface area contributed by atoms with E-state index < -0.39 is 8.07 Å². The van der Waals surface area contributed by atoms with Crippen LogP contribution < -0.4 is 5.19 Å². The van der Waals surface area contributed by atoms with Gasteiger partial charge in [-0.1, -0.05) is 127 Å². The van der Waals surface area contributed by atoms with Crippen LogP contribution in [0.4, 0.5) is 0 Å². The van der Waals surface area contributed by atoms with Gasteiger partial charge in [-0.25, -0.2) is 0 Å². The van der Waals surface area contributed by atoms with Crippen molar-refractivity contribution in [1.29, 1.82) is 0 Å². The summed E-state index contributed by atoms with van der Waals surface area (Å²) in [6, 6.07) is 46.3. The molecule has 6 nitrogen and oxygen atoms in total. The van der Waals surface area contributed by atoms with Crippen molar-refractivity contribution in [3.63, 3.8) is 0 Å². The second-order valence-corrected chi connectivity index (χ2v) is 24.9. The van der Waals surface area contributed by atoms with Gasteiger partial charge in [0.25, 0.3) is 0 Å². The van der Waals surface area contributed by atoms with Crippen molar-refractivity contribution in [2.45, 2.75) is 93.3 Å². The van der Waals surface area contributed by atoms with E-state index in [4.69, 9.17) is 14.4 Å². The van der Waals surface area contributed by atoms with Crippen LogP contribution in [-0.4, -0.2) is 32.6 Å². The summed E-state index contributed by atoms with van der Waals surface area (Å²) in [5, 5.41) is 5.94. The van der Waals surface area contributed by atoms with Crippen LogP contribution in [0.25, 0.3) is 83.3 Å². The average molecular weight is 1070 g/mol. The number of imidazole rings is 1. The van der Waals surface area contributed by atoms with Gasteiger partial charge in [0.1, 0.15) is 11.3 Å². The Labute approximate surface area is 410 Å². The molecule has 341 valence electrons. The molecule has 0 saturated carbocycles. The standard InChI is InChI=1S/C41H35N4O.C18H24NSi.Ir/c1-23(2)32-19-30(29-16-15-27-11-7-8-12-28(27)18-29)20-33(24(3)4)38(32)45-37-14-10-9-13-36(37)44-40(45)31-21-35-34-17-25(5)43-26(6)39(34)46-41(35)42-22-31;1-14(2)11-16-12-17(15-9-7-6-8-10-15)19-13-18(16)20(3,4)5;/h7-21,23-24H,1-6H3;6-9,12-14H,11H2,1-5H3;/q2*-1;. The first-order chi connectivity index (χ1) is 31.6. The van der Waals surface area contributed by atoms with Crippen LogP contribution in [0.5, 0.6) is 0 Å². The van der Waals surface area contributed by atoms with Gasteiger partial charge in [0, 0.05) is 43.1 Å². The summed E-state index contributed by atoms with van der Waals surface area (Å²) >= 11 is 0. The van der Waals surface area contributed by atoms with E-state index in [1.807, 2.05) is 38.1 Å². The fourth-order valence-corrected chi connectivity index (χ4v) is 10.9. The molecule has 0 saturated heterocycles. The third-order valence-corrected chi connectivity index (χ3v) is 14.6. The van der Waals surface area contributed by atoms with Crippen molar-refractivity contribution in [3.8, 4) is 39.5 Å². The number of para-hydroxylation sites is 2. The number of benzene rings is 5. The van der Waals surface area contributed by atoms with Crippen molar-refractivity contribution in [1.82, 2.24) is 24.5 Å². The van der Waals surface area contributed by atoms with Crippen LogP contribution in [0.2, 0.25) is 19.6 Å². The van der Waals surface area contributed by atoms with Gasteiger partial charge in [-0.3, -0.25) is 9.97 Å². The molecular formula is C59H59IrN5OSi-2. The van der Waals surface area contributed by atoms with E-state index in [1.165, 1.54) is 49.5 Å². The Hall–Kier alpha value is -6.05. The number of hydrogen-bond acceptors (Lipinski definition) is 5. The largest absolute Gasteiger partial charge is 0.481 e. The molecule has 0 atom stereocenters. The molecule has 1 radical (unpaired) electrons. The fraction of sp³-hybridized carbons (Fsp3) is 0.254. The Balaban J connectivity index is 0.000000244.